The highest BCUT2D eigenvalue weighted by Crippen LogP contribution is 2.38. The first-order chi connectivity index (χ1) is 19.6. The van der Waals surface area contributed by atoms with Gasteiger partial charge < -0.3 is 19.2 Å². The van der Waals surface area contributed by atoms with Crippen LogP contribution >= 0.6 is 0 Å². The molecule has 0 unspecified atom stereocenters. The van der Waals surface area contributed by atoms with Gasteiger partial charge in [-0.15, -0.1) is 11.8 Å². The molecular weight excluding hydrogens is 542 g/mol. The third kappa shape index (κ3) is 17.7. The number of rotatable bonds is 18. The Morgan fingerprint density at radius 1 is 0.905 bits per heavy atom. The maximum Gasteiger partial charge on any atom is 0.407 e. The average molecular weight is 602 g/mol. The molecule has 0 aliphatic heterocycles. The molecule has 0 aliphatic rings. The molecule has 0 saturated heterocycles. The third-order valence-electron chi connectivity index (χ3n) is 7.54. The zero-order valence-electron chi connectivity index (χ0n) is 28.1. The number of carbonyl (C=O) groups is 2. The van der Waals surface area contributed by atoms with E-state index in [0.29, 0.717) is 38.9 Å². The molecule has 238 valence electrons. The van der Waals surface area contributed by atoms with Gasteiger partial charge in [-0.3, -0.25) is 4.79 Å². The lowest BCUT2D eigenvalue weighted by atomic mass is 10.0. The van der Waals surface area contributed by atoms with Gasteiger partial charge in [-0.05, 0) is 70.2 Å². The molecule has 0 bridgehead atoms. The highest BCUT2D eigenvalue weighted by Gasteiger charge is 2.38. The Balaban J connectivity index is 2.47. The number of nitrogens with one attached hydrogen (secondary N) is 1. The molecule has 0 heterocycles. The lowest BCUT2D eigenvalue weighted by Gasteiger charge is -2.39. The average Bonchev–Trinajstić information content (AvgIpc) is 2.88. The Morgan fingerprint density at radius 2 is 1.57 bits per heavy atom. The first-order valence-corrected chi connectivity index (χ1v) is 18.8. The van der Waals surface area contributed by atoms with Crippen molar-refractivity contribution >= 4 is 20.2 Å². The molecule has 1 aromatic carbocycles. The Morgan fingerprint density at radius 3 is 2.19 bits per heavy atom. The van der Waals surface area contributed by atoms with Crippen LogP contribution in [0.2, 0.25) is 18.1 Å². The van der Waals surface area contributed by atoms with Crippen molar-refractivity contribution in [3.8, 4) is 11.8 Å². The zero-order chi connectivity index (χ0) is 31.7. The first kappa shape index (κ1) is 37.9. The summed E-state index contributed by atoms with van der Waals surface area (Å²) in [6.07, 6.45) is 7.89. The molecule has 1 amide bonds. The summed E-state index contributed by atoms with van der Waals surface area (Å²) in [6, 6.07) is 9.58. The summed E-state index contributed by atoms with van der Waals surface area (Å²) in [5.74, 6) is 6.75. The molecule has 0 aliphatic carbocycles. The van der Waals surface area contributed by atoms with Crippen LogP contribution in [0.5, 0.6) is 0 Å². The summed E-state index contributed by atoms with van der Waals surface area (Å²) in [4.78, 5) is 25.0. The number of benzene rings is 1. The largest absolute Gasteiger partial charge is 0.444 e. The van der Waals surface area contributed by atoms with Crippen molar-refractivity contribution in [2.24, 2.45) is 0 Å². The van der Waals surface area contributed by atoms with Crippen molar-refractivity contribution in [2.45, 2.75) is 155 Å². The minimum Gasteiger partial charge on any atom is -0.444 e. The van der Waals surface area contributed by atoms with Gasteiger partial charge in [0.25, 0.3) is 0 Å². The number of hydrogen-bond donors (Lipinski definition) is 1. The van der Waals surface area contributed by atoms with Crippen LogP contribution in [-0.2, 0) is 25.3 Å². The molecule has 0 radical (unpaired) electrons. The zero-order valence-corrected chi connectivity index (χ0v) is 29.1. The van der Waals surface area contributed by atoms with Gasteiger partial charge in [0, 0.05) is 31.8 Å². The Labute approximate surface area is 258 Å². The van der Waals surface area contributed by atoms with Crippen LogP contribution in [0, 0.1) is 11.8 Å². The van der Waals surface area contributed by atoms with E-state index in [9.17, 15) is 9.59 Å². The van der Waals surface area contributed by atoms with Crippen molar-refractivity contribution < 1.29 is 23.5 Å². The van der Waals surface area contributed by atoms with E-state index in [0.717, 1.165) is 31.2 Å². The predicted octanol–water partition coefficient (Wildman–Crippen LogP) is 8.98. The normalized spacial score (nSPS) is 13.5. The maximum absolute atomic E-state index is 12.6. The summed E-state index contributed by atoms with van der Waals surface area (Å²) < 4.78 is 18.0. The molecule has 0 aromatic heterocycles. The van der Waals surface area contributed by atoms with Crippen LogP contribution in [-0.4, -0.2) is 44.5 Å². The first-order valence-electron chi connectivity index (χ1n) is 15.9. The van der Waals surface area contributed by atoms with Gasteiger partial charge in [0.05, 0.1) is 19.3 Å². The molecule has 0 saturated carbocycles. The van der Waals surface area contributed by atoms with Crippen LogP contribution in [0.4, 0.5) is 4.79 Å². The fraction of sp³-hybridized carbons (Fsp3) is 0.714. The van der Waals surface area contributed by atoms with Gasteiger partial charge >= 0.3 is 6.09 Å². The monoisotopic (exact) mass is 601 g/mol. The SMILES string of the molecule is CCCC[C@@H](CCC#CCCCC(=O)CC[C@@H](COCc1ccccc1)NC(=O)OC(C)(C)C)O[Si](C)(C)C(C)(C)C. The predicted molar refractivity (Wildman–Crippen MR) is 176 cm³/mol. The van der Waals surface area contributed by atoms with E-state index in [-0.39, 0.29) is 23.0 Å². The molecule has 6 nitrogen and oxygen atoms in total. The van der Waals surface area contributed by atoms with Crippen molar-refractivity contribution in [3.05, 3.63) is 35.9 Å². The number of carbonyl (C=O) groups excluding carboxylic acids is 2. The quantitative estimate of drug-likeness (QED) is 0.103. The number of ether oxygens (including phenoxy) is 2. The molecule has 1 aromatic rings. The molecule has 1 rings (SSSR count). The smallest absolute Gasteiger partial charge is 0.407 e. The molecule has 0 fully saturated rings. The van der Waals surface area contributed by atoms with E-state index in [2.05, 4.69) is 57.9 Å². The Bertz CT molecular complexity index is 969. The highest BCUT2D eigenvalue weighted by molar-refractivity contribution is 6.74. The fourth-order valence-electron chi connectivity index (χ4n) is 4.10. The van der Waals surface area contributed by atoms with Crippen molar-refractivity contribution in [2.75, 3.05) is 6.61 Å². The molecule has 2 atom stereocenters. The van der Waals surface area contributed by atoms with Crippen molar-refractivity contribution in [3.63, 3.8) is 0 Å². The summed E-state index contributed by atoms with van der Waals surface area (Å²) in [6.45, 7) is 20.0. The van der Waals surface area contributed by atoms with Crippen molar-refractivity contribution in [1.29, 1.82) is 0 Å². The second kappa shape index (κ2) is 19.2. The van der Waals surface area contributed by atoms with E-state index in [4.69, 9.17) is 13.9 Å². The number of Topliss-reactive ketones (excluding diaryl/α,β-unsaturated/α-hetero) is 1. The molecule has 0 spiro atoms. The standard InChI is InChI=1S/C35H59NO5Si/c1-10-11-23-32(41-42(8,9)35(5,6)7)24-19-14-12-13-18-22-31(37)26-25-30(36-33(38)40-34(2,3)4)28-39-27-29-20-16-15-17-21-29/h15-17,20-21,30,32H,10-11,13,18-19,22-28H2,1-9H3,(H,36,38)/t30-,32-/m0/s1. The van der Waals surface area contributed by atoms with E-state index >= 15 is 0 Å². The van der Waals surface area contributed by atoms with E-state index in [1.54, 1.807) is 0 Å². The Kier molecular flexibility index (Phi) is 17.3. The highest BCUT2D eigenvalue weighted by atomic mass is 28.4. The molecule has 7 heteroatoms. The number of amides is 1. The van der Waals surface area contributed by atoms with Gasteiger partial charge in [0.1, 0.15) is 11.4 Å². The van der Waals surface area contributed by atoms with Gasteiger partial charge in [0.15, 0.2) is 8.32 Å². The Hall–Kier alpha value is -2.14. The topological polar surface area (TPSA) is 73.9 Å². The molecule has 42 heavy (non-hydrogen) atoms. The molecular formula is C35H59NO5Si. The van der Waals surface area contributed by atoms with Gasteiger partial charge in [-0.25, -0.2) is 4.79 Å². The summed E-state index contributed by atoms with van der Waals surface area (Å²) in [5, 5.41) is 3.09. The van der Waals surface area contributed by atoms with E-state index in [1.807, 2.05) is 51.1 Å². The second-order valence-electron chi connectivity index (χ2n) is 13.8. The number of hydrogen-bond acceptors (Lipinski definition) is 5. The number of unbranched alkanes of at least 4 members (excludes halogenated alkanes) is 2. The van der Waals surface area contributed by atoms with E-state index < -0.39 is 20.0 Å². The number of alkyl carbamates (subject to hydrolysis) is 1. The minimum atomic E-state index is -1.79. The van der Waals surface area contributed by atoms with Gasteiger partial charge in [-0.2, -0.15) is 0 Å². The second-order valence-corrected chi connectivity index (χ2v) is 18.6. The molecule has 1 N–H and O–H groups in total. The fourth-order valence-corrected chi connectivity index (χ4v) is 5.52. The third-order valence-corrected chi connectivity index (χ3v) is 12.1. The van der Waals surface area contributed by atoms with Crippen LogP contribution in [0.1, 0.15) is 118 Å². The van der Waals surface area contributed by atoms with E-state index in [1.165, 1.54) is 12.8 Å². The van der Waals surface area contributed by atoms with Gasteiger partial charge in [0.2, 0.25) is 0 Å². The minimum absolute atomic E-state index is 0.179. The van der Waals surface area contributed by atoms with Crippen LogP contribution < -0.4 is 5.32 Å². The van der Waals surface area contributed by atoms with Crippen molar-refractivity contribution in [1.82, 2.24) is 5.32 Å². The van der Waals surface area contributed by atoms with Crippen LogP contribution in [0.25, 0.3) is 0 Å². The van der Waals surface area contributed by atoms with Crippen LogP contribution in [0.3, 0.4) is 0 Å². The maximum atomic E-state index is 12.6. The summed E-state index contributed by atoms with van der Waals surface area (Å²) >= 11 is 0. The van der Waals surface area contributed by atoms with Crippen LogP contribution in [0.15, 0.2) is 30.3 Å². The lowest BCUT2D eigenvalue weighted by molar-refractivity contribution is -0.119. The number of ketones is 1. The van der Waals surface area contributed by atoms with Gasteiger partial charge in [-0.1, -0.05) is 70.9 Å². The summed E-state index contributed by atoms with van der Waals surface area (Å²) in [5.41, 5.74) is 0.468. The lowest BCUT2D eigenvalue weighted by Crippen LogP contribution is -2.43. The summed E-state index contributed by atoms with van der Waals surface area (Å²) in [7, 11) is -1.79.